The summed E-state index contributed by atoms with van der Waals surface area (Å²) in [6.45, 7) is 8.90. The van der Waals surface area contributed by atoms with Crippen molar-refractivity contribution >= 4 is 23.6 Å². The van der Waals surface area contributed by atoms with Crippen LogP contribution in [0.2, 0.25) is 0 Å². The van der Waals surface area contributed by atoms with Crippen molar-refractivity contribution in [3.8, 4) is 0 Å². The first-order valence-electron chi connectivity index (χ1n) is 40.5. The minimum Gasteiger partial charge on any atom is -0.393 e. The van der Waals surface area contributed by atoms with Gasteiger partial charge in [-0.25, -0.2) is 0 Å². The molecule has 10 unspecified atom stereocenters. The summed E-state index contributed by atoms with van der Waals surface area (Å²) < 4.78 is 0. The predicted molar refractivity (Wildman–Crippen MR) is 391 cm³/mol. The maximum absolute atomic E-state index is 14.1. The molecular weight excluding hydrogens is 1140 g/mol. The zero-order valence-corrected chi connectivity index (χ0v) is 61.3. The molecule has 0 aliphatic heterocycles. The van der Waals surface area contributed by atoms with Gasteiger partial charge in [0.15, 0.2) is 0 Å². The summed E-state index contributed by atoms with van der Waals surface area (Å²) in [7, 11) is 0. The second-order valence-corrected chi connectivity index (χ2v) is 29.7. The van der Waals surface area contributed by atoms with Crippen LogP contribution in [0.5, 0.6) is 0 Å². The first kappa shape index (κ1) is 89.7. The van der Waals surface area contributed by atoms with Gasteiger partial charge in [0.2, 0.25) is 23.6 Å². The second-order valence-electron chi connectivity index (χ2n) is 29.7. The molecular formula is C80H158N4O8. The number of hydrogen-bond acceptors (Lipinski definition) is 8. The van der Waals surface area contributed by atoms with Gasteiger partial charge in [-0.3, -0.25) is 19.2 Å². The van der Waals surface area contributed by atoms with E-state index >= 15 is 0 Å². The van der Waals surface area contributed by atoms with E-state index in [1.807, 2.05) is 0 Å². The Morgan fingerprint density at radius 1 is 0.217 bits per heavy atom. The third-order valence-corrected chi connectivity index (χ3v) is 21.1. The molecule has 4 amide bonds. The molecule has 10 atom stereocenters. The molecule has 0 aliphatic carbocycles. The van der Waals surface area contributed by atoms with Crippen molar-refractivity contribution in [1.82, 2.24) is 0 Å². The van der Waals surface area contributed by atoms with Crippen LogP contribution in [-0.2, 0) is 19.2 Å². The molecule has 0 bridgehead atoms. The minimum absolute atomic E-state index is 0.204. The number of rotatable bonds is 75. The summed E-state index contributed by atoms with van der Waals surface area (Å²) in [4.78, 5) is 55.7. The molecule has 0 rings (SSSR count). The molecule has 12 nitrogen and oxygen atoms in total. The number of amides is 4. The van der Waals surface area contributed by atoms with E-state index in [4.69, 9.17) is 22.9 Å². The molecule has 546 valence electrons. The van der Waals surface area contributed by atoms with Crippen molar-refractivity contribution in [2.75, 3.05) is 0 Å². The molecule has 12 N–H and O–H groups in total. The number of carbonyl (C=O) groups is 4. The number of primary amides is 4. The molecule has 0 saturated heterocycles. The van der Waals surface area contributed by atoms with Gasteiger partial charge in [-0.2, -0.15) is 0 Å². The molecule has 0 aromatic carbocycles. The molecule has 0 fully saturated rings. The summed E-state index contributed by atoms with van der Waals surface area (Å²) >= 11 is 0. The van der Waals surface area contributed by atoms with Gasteiger partial charge >= 0.3 is 0 Å². The normalized spacial score (nSPS) is 15.2. The van der Waals surface area contributed by atoms with E-state index in [2.05, 4.69) is 27.7 Å². The highest BCUT2D eigenvalue weighted by molar-refractivity contribution is 5.80. The number of aliphatic hydroxyl groups excluding tert-OH is 4. The van der Waals surface area contributed by atoms with Crippen LogP contribution in [0.3, 0.4) is 0 Å². The van der Waals surface area contributed by atoms with Gasteiger partial charge in [-0.15, -0.1) is 0 Å². The maximum atomic E-state index is 14.1. The van der Waals surface area contributed by atoms with Gasteiger partial charge in [0.1, 0.15) is 0 Å². The molecule has 0 radical (unpaired) electrons. The van der Waals surface area contributed by atoms with Crippen LogP contribution >= 0.6 is 0 Å². The van der Waals surface area contributed by atoms with Crippen molar-refractivity contribution in [3.63, 3.8) is 0 Å². The van der Waals surface area contributed by atoms with Crippen LogP contribution in [-0.4, -0.2) is 68.5 Å². The summed E-state index contributed by atoms with van der Waals surface area (Å²) in [6, 6.07) is 0. The number of aliphatic hydroxyl groups is 4. The topological polar surface area (TPSA) is 253 Å². The van der Waals surface area contributed by atoms with Crippen molar-refractivity contribution in [1.29, 1.82) is 0 Å². The van der Waals surface area contributed by atoms with Crippen molar-refractivity contribution in [3.05, 3.63) is 0 Å². The Morgan fingerprint density at radius 3 is 0.533 bits per heavy atom. The van der Waals surface area contributed by atoms with E-state index in [0.29, 0.717) is 38.5 Å². The SMILES string of the molecule is CCCCCCCC(O)CCCCCCCCCC(CC(C(CCCCCCCCCC(O)CCCCCCC)C(N)=O)C(CC(CCCCCCCCCC(O)CCCCCCC)C(N)=O)C(CCCCCCCCCC(O)CCCCCCC)C(N)=O)C(N)=O. The zero-order valence-electron chi connectivity index (χ0n) is 61.3. The van der Waals surface area contributed by atoms with Crippen molar-refractivity contribution in [2.24, 2.45) is 58.4 Å². The molecule has 0 aromatic heterocycles. The van der Waals surface area contributed by atoms with E-state index in [1.165, 1.54) is 103 Å². The van der Waals surface area contributed by atoms with Crippen LogP contribution in [0, 0.1) is 35.5 Å². The van der Waals surface area contributed by atoms with Gasteiger partial charge in [0.25, 0.3) is 0 Å². The van der Waals surface area contributed by atoms with Crippen LogP contribution in [0.1, 0.15) is 426 Å². The Morgan fingerprint density at radius 2 is 0.370 bits per heavy atom. The maximum Gasteiger partial charge on any atom is 0.220 e. The lowest BCUT2D eigenvalue weighted by atomic mass is 9.64. The molecule has 92 heavy (non-hydrogen) atoms. The Balaban J connectivity index is 6.42. The highest BCUT2D eigenvalue weighted by Crippen LogP contribution is 2.43. The Bertz CT molecular complexity index is 1520. The minimum atomic E-state index is -0.647. The van der Waals surface area contributed by atoms with E-state index in [0.717, 1.165) is 257 Å². The largest absolute Gasteiger partial charge is 0.393 e. The monoisotopic (exact) mass is 1300 g/mol. The Kier molecular flexibility index (Phi) is 64.3. The summed E-state index contributed by atoms with van der Waals surface area (Å²) in [5, 5.41) is 42.2. The third kappa shape index (κ3) is 54.8. The van der Waals surface area contributed by atoms with E-state index < -0.39 is 59.1 Å². The van der Waals surface area contributed by atoms with Crippen LogP contribution < -0.4 is 22.9 Å². The number of unbranched alkanes of at least 4 members (excludes halogenated alkanes) is 40. The van der Waals surface area contributed by atoms with Crippen molar-refractivity contribution < 1.29 is 39.6 Å². The lowest BCUT2D eigenvalue weighted by Crippen LogP contribution is -2.44. The standard InChI is InChI=1S/C80H158N4O8/c1-5-9-13-29-43-55-69(85)59-47-35-23-17-21-33-41-53-67(77(81)89)65-75(73(79(83)91)63-51-39-27-19-25-37-49-61-71(87)57-45-31-15-11-7-3)76(74(80(84)92)64-52-40-28-20-26-38-50-62-72(88)58-46-32-16-12-8-4)66-68(78(82)90)54-42-34-22-18-24-36-48-60-70(86)56-44-30-14-10-6-2/h67-76,85-88H,5-66H2,1-4H3,(H2,81,89)(H2,82,90)(H2,83,91)(H2,84,92). The molecule has 0 heterocycles. The molecule has 0 spiro atoms. The molecule has 12 heteroatoms. The smallest absolute Gasteiger partial charge is 0.220 e. The highest BCUT2D eigenvalue weighted by Gasteiger charge is 2.42. The predicted octanol–water partition coefficient (Wildman–Crippen LogP) is 20.3. The number of carbonyl (C=O) groups excluding carboxylic acids is 4. The average Bonchev–Trinajstić information content (AvgIpc) is 0.902. The molecule has 0 saturated carbocycles. The van der Waals surface area contributed by atoms with E-state index in [1.54, 1.807) is 0 Å². The number of nitrogens with two attached hydrogens (primary N) is 4. The average molecular weight is 1300 g/mol. The molecule has 0 aliphatic rings. The first-order chi connectivity index (χ1) is 44.6. The lowest BCUT2D eigenvalue weighted by Gasteiger charge is -2.39. The first-order valence-corrected chi connectivity index (χ1v) is 40.5. The van der Waals surface area contributed by atoms with Gasteiger partial charge in [0.05, 0.1) is 24.4 Å². The van der Waals surface area contributed by atoms with Crippen LogP contribution in [0.15, 0.2) is 0 Å². The van der Waals surface area contributed by atoms with Crippen LogP contribution in [0.4, 0.5) is 0 Å². The highest BCUT2D eigenvalue weighted by atomic mass is 16.3. The number of hydrogen-bond donors (Lipinski definition) is 8. The zero-order chi connectivity index (χ0) is 67.9. The van der Waals surface area contributed by atoms with Gasteiger partial charge in [0, 0.05) is 23.7 Å². The van der Waals surface area contributed by atoms with E-state index in [-0.39, 0.29) is 24.4 Å². The fourth-order valence-corrected chi connectivity index (χ4v) is 14.9. The van der Waals surface area contributed by atoms with Crippen LogP contribution in [0.25, 0.3) is 0 Å². The van der Waals surface area contributed by atoms with Crippen molar-refractivity contribution in [2.45, 2.75) is 450 Å². The third-order valence-electron chi connectivity index (χ3n) is 21.1. The van der Waals surface area contributed by atoms with E-state index in [9.17, 15) is 39.6 Å². The molecule has 0 aromatic rings. The second kappa shape index (κ2) is 66.0. The van der Waals surface area contributed by atoms with Gasteiger partial charge < -0.3 is 43.4 Å². The summed E-state index contributed by atoms with van der Waals surface area (Å²) in [5.41, 5.74) is 25.8. The quantitative estimate of drug-likeness (QED) is 0.0271. The Hall–Kier alpha value is -2.28. The summed E-state index contributed by atoms with van der Waals surface area (Å²) in [5.74, 6) is -5.08. The Labute approximate surface area is 569 Å². The lowest BCUT2D eigenvalue weighted by molar-refractivity contribution is -0.132. The fourth-order valence-electron chi connectivity index (χ4n) is 14.9. The summed E-state index contributed by atoms with van der Waals surface area (Å²) in [6.07, 6.45) is 61.4. The van der Waals surface area contributed by atoms with Gasteiger partial charge in [-0.1, -0.05) is 336 Å². The fraction of sp³-hybridized carbons (Fsp3) is 0.950. The van der Waals surface area contributed by atoms with Gasteiger partial charge in [-0.05, 0) is 102 Å².